The minimum atomic E-state index is 0.592. The summed E-state index contributed by atoms with van der Waals surface area (Å²) in [5.41, 5.74) is 9.83. The van der Waals surface area contributed by atoms with Gasteiger partial charge in [-0.05, 0) is 35.6 Å². The number of aromatic nitrogens is 2. The third-order valence-electron chi connectivity index (χ3n) is 3.32. The van der Waals surface area contributed by atoms with Crippen molar-refractivity contribution in [3.8, 4) is 21.7 Å². The summed E-state index contributed by atoms with van der Waals surface area (Å²) in [7, 11) is 1.82. The lowest BCUT2D eigenvalue weighted by Crippen LogP contribution is -1.97. The molecule has 0 radical (unpaired) electrons. The van der Waals surface area contributed by atoms with Gasteiger partial charge in [-0.2, -0.15) is 5.10 Å². The quantitative estimate of drug-likeness (QED) is 0.713. The van der Waals surface area contributed by atoms with Crippen molar-refractivity contribution < 1.29 is 0 Å². The van der Waals surface area contributed by atoms with Crippen molar-refractivity contribution in [3.63, 3.8) is 0 Å². The fourth-order valence-corrected chi connectivity index (χ4v) is 3.68. The maximum Gasteiger partial charge on any atom is 0.129 e. The highest BCUT2D eigenvalue weighted by Gasteiger charge is 2.21. The molecule has 0 spiro atoms. The van der Waals surface area contributed by atoms with Gasteiger partial charge in [-0.15, -0.1) is 11.3 Å². The molecule has 0 fully saturated rings. The predicted molar refractivity (Wildman–Crippen MR) is 91.1 cm³/mol. The van der Waals surface area contributed by atoms with Crippen molar-refractivity contribution in [1.29, 1.82) is 0 Å². The maximum atomic E-state index is 6.39. The number of hydrogen-bond donors (Lipinski definition) is 1. The van der Waals surface area contributed by atoms with Crippen molar-refractivity contribution >= 4 is 40.4 Å². The summed E-state index contributed by atoms with van der Waals surface area (Å²) in [5.74, 6) is 0.592. The van der Waals surface area contributed by atoms with Gasteiger partial charge in [0.25, 0.3) is 0 Å². The molecule has 0 unspecified atom stereocenters. The monoisotopic (exact) mass is 337 g/mol. The van der Waals surface area contributed by atoms with Gasteiger partial charge in [-0.25, -0.2) is 0 Å². The Morgan fingerprint density at radius 1 is 1.29 bits per heavy atom. The van der Waals surface area contributed by atoms with Crippen LogP contribution in [0.5, 0.6) is 0 Å². The van der Waals surface area contributed by atoms with E-state index < -0.39 is 0 Å². The predicted octanol–water partition coefficient (Wildman–Crippen LogP) is 5.01. The number of halogens is 2. The number of nitrogens with two attached hydrogens (primary N) is 1. The van der Waals surface area contributed by atoms with Gasteiger partial charge < -0.3 is 5.73 Å². The third-order valence-corrected chi connectivity index (χ3v) is 5.26. The van der Waals surface area contributed by atoms with E-state index in [1.165, 1.54) is 0 Å². The molecular formula is C15H13Cl2N3S. The average Bonchev–Trinajstić information content (AvgIpc) is 2.92. The van der Waals surface area contributed by atoms with Gasteiger partial charge in [-0.1, -0.05) is 35.3 Å². The first-order valence-corrected chi connectivity index (χ1v) is 7.95. The summed E-state index contributed by atoms with van der Waals surface area (Å²) in [6.07, 6.45) is 0. The Bertz CT molecular complexity index is 820. The molecule has 3 rings (SSSR count). The highest BCUT2D eigenvalue weighted by Crippen LogP contribution is 2.43. The Balaban J connectivity index is 2.28. The number of thiophene rings is 1. The van der Waals surface area contributed by atoms with Gasteiger partial charge in [0.1, 0.15) is 11.5 Å². The molecule has 0 aliphatic heterocycles. The van der Waals surface area contributed by atoms with Crippen LogP contribution in [0.4, 0.5) is 5.82 Å². The molecule has 0 saturated heterocycles. The summed E-state index contributed by atoms with van der Waals surface area (Å²) in [6.45, 7) is 1.98. The van der Waals surface area contributed by atoms with Gasteiger partial charge in [0.15, 0.2) is 0 Å². The van der Waals surface area contributed by atoms with E-state index in [4.69, 9.17) is 28.9 Å². The maximum absolute atomic E-state index is 6.39. The van der Waals surface area contributed by atoms with Crippen LogP contribution in [0.25, 0.3) is 21.7 Å². The molecule has 0 amide bonds. The Labute approximate surface area is 136 Å². The van der Waals surface area contributed by atoms with Gasteiger partial charge >= 0.3 is 0 Å². The molecule has 3 aromatic rings. The van der Waals surface area contributed by atoms with Crippen LogP contribution in [0.3, 0.4) is 0 Å². The van der Waals surface area contributed by atoms with E-state index >= 15 is 0 Å². The van der Waals surface area contributed by atoms with Crippen LogP contribution in [0, 0.1) is 6.92 Å². The van der Waals surface area contributed by atoms with Crippen molar-refractivity contribution in [2.45, 2.75) is 6.92 Å². The molecule has 108 valence electrons. The van der Waals surface area contributed by atoms with Crippen LogP contribution in [0.15, 0.2) is 29.6 Å². The molecule has 6 heteroatoms. The molecule has 2 N–H and O–H groups in total. The van der Waals surface area contributed by atoms with Crippen molar-refractivity contribution in [2.75, 3.05) is 5.73 Å². The second-order valence-electron chi connectivity index (χ2n) is 4.80. The van der Waals surface area contributed by atoms with Gasteiger partial charge in [0.2, 0.25) is 0 Å². The fourth-order valence-electron chi connectivity index (χ4n) is 2.21. The first-order chi connectivity index (χ1) is 9.99. The largest absolute Gasteiger partial charge is 0.383 e. The number of benzene rings is 1. The summed E-state index contributed by atoms with van der Waals surface area (Å²) < 4.78 is 1.66. The van der Waals surface area contributed by atoms with Crippen LogP contribution < -0.4 is 5.73 Å². The van der Waals surface area contributed by atoms with Crippen LogP contribution in [-0.2, 0) is 7.05 Å². The summed E-state index contributed by atoms with van der Waals surface area (Å²) in [4.78, 5) is 0.927. The number of anilines is 1. The van der Waals surface area contributed by atoms with E-state index in [1.54, 1.807) is 16.0 Å². The van der Waals surface area contributed by atoms with E-state index in [0.29, 0.717) is 10.8 Å². The lowest BCUT2D eigenvalue weighted by atomic mass is 10.0. The first-order valence-electron chi connectivity index (χ1n) is 6.31. The molecule has 3 nitrogen and oxygen atoms in total. The first kappa shape index (κ1) is 14.4. The van der Waals surface area contributed by atoms with Gasteiger partial charge in [0.05, 0.1) is 15.5 Å². The smallest absolute Gasteiger partial charge is 0.129 e. The zero-order valence-corrected chi connectivity index (χ0v) is 13.9. The van der Waals surface area contributed by atoms with Crippen LogP contribution in [0.2, 0.25) is 10.0 Å². The van der Waals surface area contributed by atoms with Crippen LogP contribution in [-0.4, -0.2) is 9.78 Å². The third kappa shape index (κ3) is 2.44. The highest BCUT2D eigenvalue weighted by molar-refractivity contribution is 7.14. The molecule has 0 bridgehead atoms. The van der Waals surface area contributed by atoms with Crippen LogP contribution >= 0.6 is 34.5 Å². The van der Waals surface area contributed by atoms with Gasteiger partial charge in [-0.3, -0.25) is 4.68 Å². The summed E-state index contributed by atoms with van der Waals surface area (Å²) in [6, 6.07) is 7.58. The van der Waals surface area contributed by atoms with E-state index in [1.807, 2.05) is 43.6 Å². The molecule has 1 aromatic carbocycles. The molecular weight excluding hydrogens is 325 g/mol. The van der Waals surface area contributed by atoms with Crippen molar-refractivity contribution in [2.24, 2.45) is 7.05 Å². The van der Waals surface area contributed by atoms with Crippen molar-refractivity contribution in [1.82, 2.24) is 9.78 Å². The zero-order valence-electron chi connectivity index (χ0n) is 11.5. The van der Waals surface area contributed by atoms with E-state index in [2.05, 4.69) is 5.10 Å². The van der Waals surface area contributed by atoms with E-state index in [-0.39, 0.29) is 0 Å². The molecule has 0 aliphatic carbocycles. The normalized spacial score (nSPS) is 11.0. The topological polar surface area (TPSA) is 43.8 Å². The molecule has 21 heavy (non-hydrogen) atoms. The Morgan fingerprint density at radius 3 is 2.67 bits per heavy atom. The number of nitrogen functional groups attached to an aromatic ring is 1. The van der Waals surface area contributed by atoms with E-state index in [0.717, 1.165) is 32.3 Å². The Kier molecular flexibility index (Phi) is 3.69. The average molecular weight is 338 g/mol. The van der Waals surface area contributed by atoms with Crippen molar-refractivity contribution in [3.05, 3.63) is 45.3 Å². The number of aryl methyl sites for hydroxylation is 2. The zero-order chi connectivity index (χ0) is 15.1. The molecule has 0 atom stereocenters. The lowest BCUT2D eigenvalue weighted by molar-refractivity contribution is 0.783. The molecule has 2 heterocycles. The minimum absolute atomic E-state index is 0.592. The summed E-state index contributed by atoms with van der Waals surface area (Å²) in [5, 5.41) is 7.94. The molecule has 0 aliphatic rings. The number of rotatable bonds is 2. The molecule has 2 aromatic heterocycles. The van der Waals surface area contributed by atoms with Crippen LogP contribution in [0.1, 0.15) is 5.56 Å². The Morgan fingerprint density at radius 2 is 2.05 bits per heavy atom. The number of hydrogen-bond acceptors (Lipinski definition) is 3. The molecule has 0 saturated carbocycles. The number of nitrogens with zero attached hydrogens (tertiary/aromatic N) is 2. The highest BCUT2D eigenvalue weighted by atomic mass is 35.5. The minimum Gasteiger partial charge on any atom is -0.383 e. The van der Waals surface area contributed by atoms with Gasteiger partial charge in [0, 0.05) is 12.1 Å². The fraction of sp³-hybridized carbons (Fsp3) is 0.133. The summed E-state index contributed by atoms with van der Waals surface area (Å²) >= 11 is 14.1. The van der Waals surface area contributed by atoms with E-state index in [9.17, 15) is 0 Å². The second kappa shape index (κ2) is 5.37. The standard InChI is InChI=1S/C15H13Cl2N3S/c1-8-7-21-14(12(8)17)13-11(15(18)20(2)19-13)9-4-3-5-10(16)6-9/h3-7H,18H2,1-2H3. The lowest BCUT2D eigenvalue weighted by Gasteiger charge is -2.04. The second-order valence-corrected chi connectivity index (χ2v) is 6.50. The Hall–Kier alpha value is -1.49. The SMILES string of the molecule is Cc1csc(-c2nn(C)c(N)c2-c2cccc(Cl)c2)c1Cl.